The summed E-state index contributed by atoms with van der Waals surface area (Å²) in [6, 6.07) is 18.5. The molecule has 144 valence electrons. The van der Waals surface area contributed by atoms with Gasteiger partial charge in [-0.3, -0.25) is 4.79 Å². The Kier molecular flexibility index (Phi) is 5.76. The minimum Gasteiger partial charge on any atom is -0.311 e. The predicted molar refractivity (Wildman–Crippen MR) is 113 cm³/mol. The van der Waals surface area contributed by atoms with Crippen molar-refractivity contribution >= 4 is 23.4 Å². The first kappa shape index (κ1) is 18.7. The number of nitrogens with zero attached hydrogens (tertiary/aromatic N) is 4. The van der Waals surface area contributed by atoms with E-state index < -0.39 is 0 Å². The third-order valence-electron chi connectivity index (χ3n) is 5.05. The molecule has 0 atom stereocenters. The van der Waals surface area contributed by atoms with Gasteiger partial charge < -0.3 is 9.47 Å². The normalized spacial score (nSPS) is 13.4. The van der Waals surface area contributed by atoms with Gasteiger partial charge in [-0.1, -0.05) is 60.3 Å². The summed E-state index contributed by atoms with van der Waals surface area (Å²) in [6.45, 7) is 3.67. The minimum atomic E-state index is 0.132. The average molecular weight is 393 g/mol. The van der Waals surface area contributed by atoms with Gasteiger partial charge in [0.2, 0.25) is 5.91 Å². The standard InChI is InChI=1S/C22H24N4OS/c1-2-25-20(15-17-9-4-3-5-10-17)23-24-22(25)28-16-21(27)26-14-8-12-18-11-6-7-13-19(18)26/h3-7,9-11,13H,2,8,12,14-16H2,1H3. The molecule has 0 fully saturated rings. The number of thioether (sulfide) groups is 1. The number of para-hydroxylation sites is 1. The number of rotatable bonds is 6. The summed E-state index contributed by atoms with van der Waals surface area (Å²) in [6.07, 6.45) is 2.80. The first-order valence-corrected chi connectivity index (χ1v) is 10.7. The fourth-order valence-electron chi connectivity index (χ4n) is 3.65. The maximum absolute atomic E-state index is 12.9. The second-order valence-electron chi connectivity index (χ2n) is 6.87. The fourth-order valence-corrected chi connectivity index (χ4v) is 4.55. The van der Waals surface area contributed by atoms with Crippen LogP contribution in [0, 0.1) is 0 Å². The van der Waals surface area contributed by atoms with Gasteiger partial charge >= 0.3 is 0 Å². The summed E-state index contributed by atoms with van der Waals surface area (Å²) in [5.41, 5.74) is 3.53. The van der Waals surface area contributed by atoms with Crippen LogP contribution < -0.4 is 4.90 Å². The average Bonchev–Trinajstić information content (AvgIpc) is 3.13. The zero-order valence-corrected chi connectivity index (χ0v) is 16.9. The quantitative estimate of drug-likeness (QED) is 0.596. The van der Waals surface area contributed by atoms with E-state index in [4.69, 9.17) is 0 Å². The largest absolute Gasteiger partial charge is 0.311 e. The number of benzene rings is 2. The third kappa shape index (κ3) is 3.97. The Bertz CT molecular complexity index is 954. The summed E-state index contributed by atoms with van der Waals surface area (Å²) >= 11 is 1.48. The Hall–Kier alpha value is -2.60. The Balaban J connectivity index is 1.45. The van der Waals surface area contributed by atoms with Gasteiger partial charge in [-0.05, 0) is 37.0 Å². The lowest BCUT2D eigenvalue weighted by Crippen LogP contribution is -2.36. The van der Waals surface area contributed by atoms with Crippen LogP contribution in [-0.2, 0) is 24.2 Å². The van der Waals surface area contributed by atoms with Gasteiger partial charge in [0.15, 0.2) is 5.16 Å². The Morgan fingerprint density at radius 2 is 1.86 bits per heavy atom. The molecule has 0 saturated heterocycles. The summed E-state index contributed by atoms with van der Waals surface area (Å²) in [7, 11) is 0. The van der Waals surface area contributed by atoms with Crippen LogP contribution in [0.4, 0.5) is 5.69 Å². The number of aryl methyl sites for hydroxylation is 1. The third-order valence-corrected chi connectivity index (χ3v) is 6.00. The zero-order chi connectivity index (χ0) is 19.3. The van der Waals surface area contributed by atoms with Crippen LogP contribution in [0.1, 0.15) is 30.3 Å². The number of hydrogen-bond donors (Lipinski definition) is 0. The molecular weight excluding hydrogens is 368 g/mol. The van der Waals surface area contributed by atoms with Gasteiger partial charge in [0.05, 0.1) is 5.75 Å². The van der Waals surface area contributed by atoms with Gasteiger partial charge in [0, 0.05) is 25.2 Å². The number of anilines is 1. The highest BCUT2D eigenvalue weighted by atomic mass is 32.2. The molecule has 1 aromatic heterocycles. The molecule has 2 heterocycles. The number of carbonyl (C=O) groups is 1. The molecule has 0 bridgehead atoms. The van der Waals surface area contributed by atoms with Crippen LogP contribution in [-0.4, -0.2) is 33.0 Å². The summed E-state index contributed by atoms with van der Waals surface area (Å²) in [5.74, 6) is 1.44. The highest BCUT2D eigenvalue weighted by molar-refractivity contribution is 7.99. The molecule has 1 aliphatic rings. The minimum absolute atomic E-state index is 0.132. The van der Waals surface area contributed by atoms with Crippen LogP contribution in [0.3, 0.4) is 0 Å². The molecule has 0 N–H and O–H groups in total. The monoisotopic (exact) mass is 392 g/mol. The first-order valence-electron chi connectivity index (χ1n) is 9.73. The van der Waals surface area contributed by atoms with E-state index in [2.05, 4.69) is 39.9 Å². The van der Waals surface area contributed by atoms with E-state index in [9.17, 15) is 4.79 Å². The van der Waals surface area contributed by atoms with Crippen LogP contribution in [0.5, 0.6) is 0 Å². The molecule has 3 aromatic rings. The summed E-state index contributed by atoms with van der Waals surface area (Å²) < 4.78 is 2.11. The highest BCUT2D eigenvalue weighted by Crippen LogP contribution is 2.28. The van der Waals surface area contributed by atoms with Gasteiger partial charge in [-0.25, -0.2) is 0 Å². The van der Waals surface area contributed by atoms with Gasteiger partial charge in [0.25, 0.3) is 0 Å². The molecule has 28 heavy (non-hydrogen) atoms. The van der Waals surface area contributed by atoms with E-state index in [1.54, 1.807) is 0 Å². The second-order valence-corrected chi connectivity index (χ2v) is 7.81. The van der Waals surface area contributed by atoms with E-state index in [-0.39, 0.29) is 5.91 Å². The van der Waals surface area contributed by atoms with Crippen molar-refractivity contribution in [2.75, 3.05) is 17.2 Å². The lowest BCUT2D eigenvalue weighted by Gasteiger charge is -2.29. The van der Waals surface area contributed by atoms with Crippen LogP contribution in [0.25, 0.3) is 0 Å². The van der Waals surface area contributed by atoms with Crippen molar-refractivity contribution < 1.29 is 4.79 Å². The number of carbonyl (C=O) groups excluding carboxylic acids is 1. The molecule has 6 heteroatoms. The maximum Gasteiger partial charge on any atom is 0.237 e. The molecule has 2 aromatic carbocycles. The molecule has 1 aliphatic heterocycles. The number of fused-ring (bicyclic) bond motifs is 1. The molecule has 5 nitrogen and oxygen atoms in total. The number of hydrogen-bond acceptors (Lipinski definition) is 4. The smallest absolute Gasteiger partial charge is 0.237 e. The molecule has 0 unspecified atom stereocenters. The molecule has 0 saturated carbocycles. The Morgan fingerprint density at radius 1 is 1.07 bits per heavy atom. The van der Waals surface area contributed by atoms with E-state index in [0.717, 1.165) is 49.0 Å². The predicted octanol–water partition coefficient (Wildman–Crippen LogP) is 3.96. The van der Waals surface area contributed by atoms with E-state index in [1.807, 2.05) is 41.3 Å². The van der Waals surface area contributed by atoms with Crippen LogP contribution in [0.2, 0.25) is 0 Å². The van der Waals surface area contributed by atoms with Crippen LogP contribution in [0.15, 0.2) is 59.8 Å². The van der Waals surface area contributed by atoms with E-state index in [1.165, 1.54) is 22.9 Å². The van der Waals surface area contributed by atoms with Gasteiger partial charge in [0.1, 0.15) is 5.82 Å². The molecule has 0 radical (unpaired) electrons. The Labute approximate surface area is 169 Å². The lowest BCUT2D eigenvalue weighted by molar-refractivity contribution is -0.116. The van der Waals surface area contributed by atoms with Crippen molar-refractivity contribution in [3.8, 4) is 0 Å². The second kappa shape index (κ2) is 8.61. The van der Waals surface area contributed by atoms with E-state index in [0.29, 0.717) is 5.75 Å². The van der Waals surface area contributed by atoms with Crippen molar-refractivity contribution in [1.82, 2.24) is 14.8 Å². The SMILES string of the molecule is CCn1c(Cc2ccccc2)nnc1SCC(=O)N1CCCc2ccccc21. The zero-order valence-electron chi connectivity index (χ0n) is 16.0. The summed E-state index contributed by atoms with van der Waals surface area (Å²) in [5, 5.41) is 9.54. The molecule has 0 spiro atoms. The maximum atomic E-state index is 12.9. The van der Waals surface area contributed by atoms with E-state index >= 15 is 0 Å². The van der Waals surface area contributed by atoms with Crippen molar-refractivity contribution in [2.45, 2.75) is 37.9 Å². The van der Waals surface area contributed by atoms with Crippen molar-refractivity contribution in [3.63, 3.8) is 0 Å². The molecular formula is C22H24N4OS. The van der Waals surface area contributed by atoms with Gasteiger partial charge in [-0.15, -0.1) is 10.2 Å². The number of aromatic nitrogens is 3. The lowest BCUT2D eigenvalue weighted by atomic mass is 10.0. The van der Waals surface area contributed by atoms with Crippen molar-refractivity contribution in [3.05, 3.63) is 71.5 Å². The number of amides is 1. The fraction of sp³-hybridized carbons (Fsp3) is 0.318. The molecule has 0 aliphatic carbocycles. The Morgan fingerprint density at radius 3 is 2.68 bits per heavy atom. The highest BCUT2D eigenvalue weighted by Gasteiger charge is 2.23. The van der Waals surface area contributed by atoms with Crippen molar-refractivity contribution in [1.29, 1.82) is 0 Å². The molecule has 1 amide bonds. The topological polar surface area (TPSA) is 51.0 Å². The molecule has 4 rings (SSSR count). The van der Waals surface area contributed by atoms with Crippen LogP contribution >= 0.6 is 11.8 Å². The first-order chi connectivity index (χ1) is 13.8. The van der Waals surface area contributed by atoms with Gasteiger partial charge in [-0.2, -0.15) is 0 Å². The summed E-state index contributed by atoms with van der Waals surface area (Å²) in [4.78, 5) is 14.8. The van der Waals surface area contributed by atoms with Crippen molar-refractivity contribution in [2.24, 2.45) is 0 Å².